The molecule has 1 atom stereocenters. The predicted octanol–water partition coefficient (Wildman–Crippen LogP) is 2.46. The van der Waals surface area contributed by atoms with E-state index >= 15 is 0 Å². The van der Waals surface area contributed by atoms with Gasteiger partial charge in [-0.15, -0.1) is 5.10 Å². The lowest BCUT2D eigenvalue weighted by Crippen LogP contribution is -2.25. The largest absolute Gasteiger partial charge is 0.497 e. The number of hydrogen-bond donors (Lipinski definition) is 1. The standard InChI is InChI=1S/C19H19N3O6S2/c1-12(23)20-19-21-22(13(2)24)18(29-19)16-11-14(27-3)9-10-17(16)28-30(25,26)15-7-5-4-6-8-15/h4-11,18H,1-3H3,(H,20,21,23)/t18-/m0/s1. The normalized spacial score (nSPS) is 16.0. The highest BCUT2D eigenvalue weighted by Crippen LogP contribution is 2.44. The van der Waals surface area contributed by atoms with Gasteiger partial charge in [0.1, 0.15) is 21.8 Å². The molecule has 0 unspecified atom stereocenters. The highest BCUT2D eigenvalue weighted by atomic mass is 32.2. The van der Waals surface area contributed by atoms with E-state index in [0.29, 0.717) is 11.3 Å². The van der Waals surface area contributed by atoms with Gasteiger partial charge in [-0.05, 0) is 30.3 Å². The molecule has 1 aliphatic rings. The molecule has 0 saturated carbocycles. The number of ether oxygens (including phenoxy) is 1. The quantitative estimate of drug-likeness (QED) is 0.698. The number of rotatable bonds is 5. The molecule has 11 heteroatoms. The van der Waals surface area contributed by atoms with Crippen LogP contribution in [0.1, 0.15) is 24.8 Å². The molecule has 3 rings (SSSR count). The number of carbonyl (C=O) groups excluding carboxylic acids is 2. The number of hydrogen-bond acceptors (Lipinski definition) is 8. The Bertz CT molecular complexity index is 1100. The van der Waals surface area contributed by atoms with E-state index in [2.05, 4.69) is 10.4 Å². The molecule has 0 aliphatic carbocycles. The molecule has 1 N–H and O–H groups in total. The molecule has 2 aromatic carbocycles. The zero-order valence-electron chi connectivity index (χ0n) is 16.4. The molecule has 2 aromatic rings. The van der Waals surface area contributed by atoms with Gasteiger partial charge in [0.25, 0.3) is 0 Å². The second-order valence-electron chi connectivity index (χ2n) is 6.17. The van der Waals surface area contributed by atoms with E-state index in [4.69, 9.17) is 8.92 Å². The topological polar surface area (TPSA) is 114 Å². The third-order valence-corrected chi connectivity index (χ3v) is 6.30. The van der Waals surface area contributed by atoms with E-state index in [1.807, 2.05) is 0 Å². The average molecular weight is 450 g/mol. The van der Waals surface area contributed by atoms with Crippen LogP contribution in [-0.2, 0) is 19.7 Å². The zero-order valence-corrected chi connectivity index (χ0v) is 18.0. The maximum atomic E-state index is 12.7. The average Bonchev–Trinajstić information content (AvgIpc) is 3.12. The van der Waals surface area contributed by atoms with Crippen LogP contribution in [0.3, 0.4) is 0 Å². The van der Waals surface area contributed by atoms with Gasteiger partial charge in [0.15, 0.2) is 5.17 Å². The van der Waals surface area contributed by atoms with Gasteiger partial charge in [-0.2, -0.15) is 8.42 Å². The number of carbonyl (C=O) groups is 2. The van der Waals surface area contributed by atoms with Crippen LogP contribution in [0.5, 0.6) is 11.5 Å². The second-order valence-corrected chi connectivity index (χ2v) is 8.79. The van der Waals surface area contributed by atoms with E-state index in [0.717, 1.165) is 16.8 Å². The summed E-state index contributed by atoms with van der Waals surface area (Å²) in [7, 11) is -2.65. The number of amidine groups is 1. The highest BCUT2D eigenvalue weighted by Gasteiger charge is 2.35. The molecule has 0 spiro atoms. The van der Waals surface area contributed by atoms with Crippen LogP contribution in [0, 0.1) is 0 Å². The van der Waals surface area contributed by atoms with Gasteiger partial charge in [0, 0.05) is 19.4 Å². The van der Waals surface area contributed by atoms with Crippen molar-refractivity contribution in [2.24, 2.45) is 5.10 Å². The Kier molecular flexibility index (Phi) is 6.32. The number of hydrazone groups is 1. The Balaban J connectivity index is 2.02. The predicted molar refractivity (Wildman–Crippen MR) is 111 cm³/mol. The molecule has 1 aliphatic heterocycles. The summed E-state index contributed by atoms with van der Waals surface area (Å²) in [5, 5.41) is 7.25. The maximum absolute atomic E-state index is 12.7. The first-order chi connectivity index (χ1) is 14.2. The molecular formula is C19H19N3O6S2. The van der Waals surface area contributed by atoms with Crippen molar-refractivity contribution < 1.29 is 26.9 Å². The summed E-state index contributed by atoms with van der Waals surface area (Å²) in [5.41, 5.74) is 0.346. The summed E-state index contributed by atoms with van der Waals surface area (Å²) in [6.45, 7) is 2.64. The molecule has 0 saturated heterocycles. The van der Waals surface area contributed by atoms with Crippen molar-refractivity contribution >= 4 is 38.9 Å². The highest BCUT2D eigenvalue weighted by molar-refractivity contribution is 8.14. The van der Waals surface area contributed by atoms with Crippen molar-refractivity contribution in [3.05, 3.63) is 54.1 Å². The third kappa shape index (κ3) is 4.74. The van der Waals surface area contributed by atoms with Gasteiger partial charge in [-0.3, -0.25) is 9.59 Å². The van der Waals surface area contributed by atoms with E-state index in [-0.39, 0.29) is 21.7 Å². The summed E-state index contributed by atoms with van der Waals surface area (Å²) < 4.78 is 36.1. The third-order valence-electron chi connectivity index (χ3n) is 3.96. The molecule has 0 bridgehead atoms. The molecule has 0 radical (unpaired) electrons. The van der Waals surface area contributed by atoms with E-state index in [1.165, 1.54) is 39.2 Å². The lowest BCUT2D eigenvalue weighted by molar-refractivity contribution is -0.129. The molecular weight excluding hydrogens is 430 g/mol. The number of benzene rings is 2. The van der Waals surface area contributed by atoms with Gasteiger partial charge in [-0.25, -0.2) is 5.01 Å². The summed E-state index contributed by atoms with van der Waals surface area (Å²) in [6, 6.07) is 12.3. The van der Waals surface area contributed by atoms with Crippen molar-refractivity contribution in [3.63, 3.8) is 0 Å². The Morgan fingerprint density at radius 3 is 2.43 bits per heavy atom. The van der Waals surface area contributed by atoms with E-state index in [9.17, 15) is 18.0 Å². The first-order valence-corrected chi connectivity index (χ1v) is 11.0. The van der Waals surface area contributed by atoms with Crippen LogP contribution in [0.15, 0.2) is 58.5 Å². The van der Waals surface area contributed by atoms with Crippen LogP contribution in [0.2, 0.25) is 0 Å². The van der Waals surface area contributed by atoms with Crippen LogP contribution < -0.4 is 14.2 Å². The minimum absolute atomic E-state index is 0.00977. The fraction of sp³-hybridized carbons (Fsp3) is 0.211. The van der Waals surface area contributed by atoms with Crippen molar-refractivity contribution in [1.82, 2.24) is 10.3 Å². The van der Waals surface area contributed by atoms with E-state index in [1.54, 1.807) is 30.3 Å². The number of thioether (sulfide) groups is 1. The minimum Gasteiger partial charge on any atom is -0.497 e. The summed E-state index contributed by atoms with van der Waals surface area (Å²) >= 11 is 1.08. The Morgan fingerprint density at radius 1 is 1.13 bits per heavy atom. The molecule has 1 heterocycles. The number of nitrogens with zero attached hydrogens (tertiary/aromatic N) is 2. The van der Waals surface area contributed by atoms with Gasteiger partial charge < -0.3 is 14.2 Å². The fourth-order valence-corrected chi connectivity index (χ4v) is 4.77. The second kappa shape index (κ2) is 8.76. The Labute approximate surface area is 178 Å². The first-order valence-electron chi connectivity index (χ1n) is 8.71. The fourth-order valence-electron chi connectivity index (χ4n) is 2.64. The SMILES string of the molecule is COc1ccc(OS(=O)(=O)c2ccccc2)c([C@@H]2SC(NC(C)=O)=NN2C(C)=O)c1. The maximum Gasteiger partial charge on any atom is 0.339 e. The van der Waals surface area contributed by atoms with Crippen molar-refractivity contribution in [3.8, 4) is 11.5 Å². The minimum atomic E-state index is -4.12. The molecule has 0 fully saturated rings. The summed E-state index contributed by atoms with van der Waals surface area (Å²) in [5.74, 6) is -0.291. The van der Waals surface area contributed by atoms with Gasteiger partial charge in [0.05, 0.1) is 7.11 Å². The molecule has 9 nitrogen and oxygen atoms in total. The van der Waals surface area contributed by atoms with Gasteiger partial charge >= 0.3 is 10.1 Å². The zero-order chi connectivity index (χ0) is 21.9. The van der Waals surface area contributed by atoms with Crippen molar-refractivity contribution in [2.45, 2.75) is 24.1 Å². The van der Waals surface area contributed by atoms with Crippen molar-refractivity contribution in [1.29, 1.82) is 0 Å². The summed E-state index contributed by atoms with van der Waals surface area (Å²) in [6.07, 6.45) is 0. The molecule has 30 heavy (non-hydrogen) atoms. The van der Waals surface area contributed by atoms with Crippen LogP contribution in [0.4, 0.5) is 0 Å². The lowest BCUT2D eigenvalue weighted by atomic mass is 10.2. The van der Waals surface area contributed by atoms with Crippen LogP contribution >= 0.6 is 11.8 Å². The van der Waals surface area contributed by atoms with Crippen LogP contribution in [0.25, 0.3) is 0 Å². The van der Waals surface area contributed by atoms with Gasteiger partial charge in [-0.1, -0.05) is 30.0 Å². The van der Waals surface area contributed by atoms with E-state index < -0.39 is 21.4 Å². The molecule has 2 amide bonds. The number of amides is 2. The van der Waals surface area contributed by atoms with Gasteiger partial charge in [0.2, 0.25) is 11.8 Å². The Morgan fingerprint density at radius 2 is 1.83 bits per heavy atom. The monoisotopic (exact) mass is 449 g/mol. The molecule has 158 valence electrons. The molecule has 0 aromatic heterocycles. The van der Waals surface area contributed by atoms with Crippen LogP contribution in [-0.4, -0.2) is 37.5 Å². The smallest absolute Gasteiger partial charge is 0.339 e. The van der Waals surface area contributed by atoms with Crippen molar-refractivity contribution in [2.75, 3.05) is 7.11 Å². The number of methoxy groups -OCH3 is 1. The Hall–Kier alpha value is -3.05. The number of nitrogens with one attached hydrogen (secondary N) is 1. The summed E-state index contributed by atoms with van der Waals surface area (Å²) in [4.78, 5) is 23.5. The first kappa shape index (κ1) is 21.7. The lowest BCUT2D eigenvalue weighted by Gasteiger charge is -2.22.